The number of anilines is 2. The van der Waals surface area contributed by atoms with E-state index in [2.05, 4.69) is 20.8 Å². The van der Waals surface area contributed by atoms with Crippen LogP contribution in [0.5, 0.6) is 0 Å². The smallest absolute Gasteiger partial charge is 0.229 e. The van der Waals surface area contributed by atoms with E-state index >= 15 is 0 Å². The summed E-state index contributed by atoms with van der Waals surface area (Å²) in [4.78, 5) is 12.1. The first-order valence-corrected chi connectivity index (χ1v) is 9.15. The molecular formula is C20H26N4O. The third-order valence-electron chi connectivity index (χ3n) is 4.62. The number of nitrogens with zero attached hydrogens (tertiary/aromatic N) is 2. The summed E-state index contributed by atoms with van der Waals surface area (Å²) in [5, 5.41) is 14.6. The number of rotatable bonds is 5. The van der Waals surface area contributed by atoms with Crippen LogP contribution in [-0.2, 0) is 11.2 Å². The summed E-state index contributed by atoms with van der Waals surface area (Å²) >= 11 is 0. The molecule has 1 fully saturated rings. The van der Waals surface area contributed by atoms with Gasteiger partial charge in [0, 0.05) is 6.04 Å². The minimum atomic E-state index is -0.0809. The van der Waals surface area contributed by atoms with Gasteiger partial charge < -0.3 is 10.6 Å². The number of hydrogen-bond acceptors (Lipinski definition) is 4. The lowest BCUT2D eigenvalue weighted by Crippen LogP contribution is -2.20. The average Bonchev–Trinajstić information content (AvgIpc) is 2.87. The van der Waals surface area contributed by atoms with Gasteiger partial charge in [-0.15, -0.1) is 10.2 Å². The van der Waals surface area contributed by atoms with Crippen LogP contribution in [0.1, 0.15) is 49.7 Å². The van der Waals surface area contributed by atoms with Crippen molar-refractivity contribution in [1.82, 2.24) is 10.2 Å². The normalized spacial score (nSPS) is 15.4. The molecule has 0 bridgehead atoms. The summed E-state index contributed by atoms with van der Waals surface area (Å²) in [5.41, 5.74) is 2.18. The molecule has 1 amide bonds. The first-order valence-electron chi connectivity index (χ1n) is 9.15. The molecule has 0 atom stereocenters. The molecule has 25 heavy (non-hydrogen) atoms. The first kappa shape index (κ1) is 17.4. The van der Waals surface area contributed by atoms with E-state index in [1.54, 1.807) is 6.07 Å². The Morgan fingerprint density at radius 3 is 2.24 bits per heavy atom. The van der Waals surface area contributed by atoms with Crippen molar-refractivity contribution in [2.75, 3.05) is 10.6 Å². The molecule has 1 aromatic carbocycles. The molecule has 0 aliphatic heterocycles. The molecule has 1 aliphatic carbocycles. The van der Waals surface area contributed by atoms with Crippen LogP contribution in [0, 0.1) is 6.92 Å². The van der Waals surface area contributed by atoms with Crippen molar-refractivity contribution < 1.29 is 4.79 Å². The fraction of sp³-hybridized carbons (Fsp3) is 0.450. The van der Waals surface area contributed by atoms with Crippen LogP contribution < -0.4 is 10.6 Å². The second kappa shape index (κ2) is 8.60. The van der Waals surface area contributed by atoms with Crippen molar-refractivity contribution in [1.29, 1.82) is 0 Å². The zero-order valence-corrected chi connectivity index (χ0v) is 14.8. The van der Waals surface area contributed by atoms with Crippen LogP contribution in [0.4, 0.5) is 11.6 Å². The Morgan fingerprint density at radius 2 is 1.60 bits per heavy atom. The average molecular weight is 338 g/mol. The lowest BCUT2D eigenvalue weighted by molar-refractivity contribution is -0.115. The van der Waals surface area contributed by atoms with E-state index in [1.807, 2.05) is 37.3 Å². The predicted octanol–water partition coefficient (Wildman–Crippen LogP) is 4.10. The Kier molecular flexibility index (Phi) is 5.99. The van der Waals surface area contributed by atoms with Crippen LogP contribution in [0.15, 0.2) is 36.4 Å². The number of nitrogens with one attached hydrogen (secondary N) is 2. The van der Waals surface area contributed by atoms with Gasteiger partial charge in [0.05, 0.1) is 6.42 Å². The molecule has 0 spiro atoms. The minimum Gasteiger partial charge on any atom is -0.366 e. The van der Waals surface area contributed by atoms with E-state index in [0.717, 1.165) is 11.4 Å². The molecule has 1 aliphatic rings. The van der Waals surface area contributed by atoms with Crippen molar-refractivity contribution in [2.24, 2.45) is 0 Å². The van der Waals surface area contributed by atoms with Crippen LogP contribution in [0.3, 0.4) is 0 Å². The number of amides is 1. The molecule has 0 radical (unpaired) electrons. The predicted molar refractivity (Wildman–Crippen MR) is 101 cm³/mol. The number of aromatic nitrogens is 2. The SMILES string of the molecule is Cc1ccc(CC(=O)Nc2ccc(NC3CCCCCC3)nn2)cc1. The van der Waals surface area contributed by atoms with Crippen LogP contribution in [0.2, 0.25) is 0 Å². The fourth-order valence-electron chi connectivity index (χ4n) is 3.19. The van der Waals surface area contributed by atoms with Gasteiger partial charge in [0.2, 0.25) is 5.91 Å². The molecule has 5 heteroatoms. The van der Waals surface area contributed by atoms with Gasteiger partial charge in [-0.1, -0.05) is 55.5 Å². The van der Waals surface area contributed by atoms with Crippen LogP contribution in [-0.4, -0.2) is 22.1 Å². The maximum atomic E-state index is 12.1. The molecule has 1 heterocycles. The molecule has 0 unspecified atom stereocenters. The Morgan fingerprint density at radius 1 is 0.960 bits per heavy atom. The highest BCUT2D eigenvalue weighted by molar-refractivity contribution is 5.91. The van der Waals surface area contributed by atoms with Gasteiger partial charge in [0.15, 0.2) is 5.82 Å². The third kappa shape index (κ3) is 5.55. The topological polar surface area (TPSA) is 66.9 Å². The van der Waals surface area contributed by atoms with E-state index < -0.39 is 0 Å². The van der Waals surface area contributed by atoms with E-state index in [4.69, 9.17) is 0 Å². The van der Waals surface area contributed by atoms with E-state index in [1.165, 1.54) is 44.1 Å². The largest absolute Gasteiger partial charge is 0.366 e. The first-order chi connectivity index (χ1) is 12.2. The summed E-state index contributed by atoms with van der Waals surface area (Å²) < 4.78 is 0. The monoisotopic (exact) mass is 338 g/mol. The van der Waals surface area contributed by atoms with Gasteiger partial charge in [-0.3, -0.25) is 4.79 Å². The summed E-state index contributed by atoms with van der Waals surface area (Å²) in [6, 6.07) is 12.1. The Bertz CT molecular complexity index is 674. The fourth-order valence-corrected chi connectivity index (χ4v) is 3.19. The zero-order chi connectivity index (χ0) is 17.5. The summed E-state index contributed by atoms with van der Waals surface area (Å²) in [5.74, 6) is 1.19. The summed E-state index contributed by atoms with van der Waals surface area (Å²) in [6.45, 7) is 2.03. The quantitative estimate of drug-likeness (QED) is 0.806. The minimum absolute atomic E-state index is 0.0809. The number of hydrogen-bond donors (Lipinski definition) is 2. The highest BCUT2D eigenvalue weighted by Gasteiger charge is 2.13. The van der Waals surface area contributed by atoms with Gasteiger partial charge in [0.1, 0.15) is 5.82 Å². The summed E-state index contributed by atoms with van der Waals surface area (Å²) in [6.07, 6.45) is 7.93. The van der Waals surface area contributed by atoms with Gasteiger partial charge >= 0.3 is 0 Å². The van der Waals surface area contributed by atoms with Crippen molar-refractivity contribution in [3.8, 4) is 0 Å². The third-order valence-corrected chi connectivity index (χ3v) is 4.62. The number of carbonyl (C=O) groups excluding carboxylic acids is 1. The number of carbonyl (C=O) groups is 1. The van der Waals surface area contributed by atoms with E-state index in [0.29, 0.717) is 18.3 Å². The molecule has 5 nitrogen and oxygen atoms in total. The van der Waals surface area contributed by atoms with Crippen LogP contribution in [0.25, 0.3) is 0 Å². The maximum Gasteiger partial charge on any atom is 0.229 e. The Hall–Kier alpha value is -2.43. The number of aryl methyl sites for hydroxylation is 1. The highest BCUT2D eigenvalue weighted by Crippen LogP contribution is 2.20. The zero-order valence-electron chi connectivity index (χ0n) is 14.8. The lowest BCUT2D eigenvalue weighted by atomic mass is 10.1. The maximum absolute atomic E-state index is 12.1. The van der Waals surface area contributed by atoms with Gasteiger partial charge in [-0.2, -0.15) is 0 Å². The van der Waals surface area contributed by atoms with Crippen molar-refractivity contribution >= 4 is 17.5 Å². The molecule has 2 N–H and O–H groups in total. The van der Waals surface area contributed by atoms with Crippen molar-refractivity contribution in [2.45, 2.75) is 57.9 Å². The molecule has 1 aromatic heterocycles. The molecule has 3 rings (SSSR count). The van der Waals surface area contributed by atoms with E-state index in [-0.39, 0.29) is 5.91 Å². The lowest BCUT2D eigenvalue weighted by Gasteiger charge is -2.16. The highest BCUT2D eigenvalue weighted by atomic mass is 16.1. The van der Waals surface area contributed by atoms with E-state index in [9.17, 15) is 4.79 Å². The van der Waals surface area contributed by atoms with Crippen molar-refractivity contribution in [3.63, 3.8) is 0 Å². The molecule has 1 saturated carbocycles. The second-order valence-corrected chi connectivity index (χ2v) is 6.85. The van der Waals surface area contributed by atoms with Crippen LogP contribution >= 0.6 is 0 Å². The van der Waals surface area contributed by atoms with Gasteiger partial charge in [-0.25, -0.2) is 0 Å². The molecule has 0 saturated heterocycles. The Labute approximate surface area is 149 Å². The number of benzene rings is 1. The van der Waals surface area contributed by atoms with Gasteiger partial charge in [0.25, 0.3) is 0 Å². The molecular weight excluding hydrogens is 312 g/mol. The van der Waals surface area contributed by atoms with Crippen molar-refractivity contribution in [3.05, 3.63) is 47.5 Å². The second-order valence-electron chi connectivity index (χ2n) is 6.85. The Balaban J connectivity index is 1.51. The van der Waals surface area contributed by atoms with Gasteiger partial charge in [-0.05, 0) is 37.5 Å². The summed E-state index contributed by atoms with van der Waals surface area (Å²) in [7, 11) is 0. The molecule has 2 aromatic rings. The standard InChI is InChI=1S/C20H26N4O/c1-15-8-10-16(11-9-15)14-20(25)22-19-13-12-18(23-24-19)21-17-6-4-2-3-5-7-17/h8-13,17H,2-7,14H2,1H3,(H,21,23)(H,22,24,25). The molecule has 132 valence electrons.